The van der Waals surface area contributed by atoms with Crippen molar-refractivity contribution in [2.45, 2.75) is 38.9 Å². The average molecular weight is 363 g/mol. The number of benzene rings is 1. The van der Waals surface area contributed by atoms with Crippen LogP contribution < -0.4 is 0 Å². The largest absolute Gasteiger partial charge is 0.492 e. The maximum absolute atomic E-state index is 9.66. The monoisotopic (exact) mass is 362 g/mol. The maximum Gasteiger partial charge on any atom is 0.492 e. The summed E-state index contributed by atoms with van der Waals surface area (Å²) >= 11 is 18.0. The molecule has 0 saturated carbocycles. The Labute approximate surface area is 146 Å². The number of rotatable bonds is 3. The van der Waals surface area contributed by atoms with Crippen LogP contribution in [0.15, 0.2) is 17.6 Å². The van der Waals surface area contributed by atoms with Crippen LogP contribution in [0.2, 0.25) is 15.1 Å². The molecule has 0 spiro atoms. The van der Waals surface area contributed by atoms with Gasteiger partial charge in [-0.05, 0) is 50.9 Å². The average Bonchev–Trinajstić information content (AvgIpc) is 2.61. The Morgan fingerprint density at radius 1 is 1.09 bits per heavy atom. The molecule has 1 aliphatic heterocycles. The van der Waals surface area contributed by atoms with Gasteiger partial charge in [0.25, 0.3) is 0 Å². The number of hydrogen-bond acceptors (Lipinski definition) is 3. The first-order valence-electron chi connectivity index (χ1n) is 6.89. The van der Waals surface area contributed by atoms with Crippen molar-refractivity contribution in [3.63, 3.8) is 0 Å². The second-order valence-corrected chi connectivity index (χ2v) is 7.46. The molecule has 0 aromatic heterocycles. The number of hydrogen-bond donors (Lipinski definition) is 1. The van der Waals surface area contributed by atoms with Crippen molar-refractivity contribution in [1.82, 2.24) is 0 Å². The molecule has 7 heteroatoms. The zero-order valence-corrected chi connectivity index (χ0v) is 15.2. The molecule has 3 nitrogen and oxygen atoms in total. The third kappa shape index (κ3) is 3.48. The molecule has 1 fully saturated rings. The van der Waals surface area contributed by atoms with Crippen molar-refractivity contribution in [3.05, 3.63) is 38.2 Å². The highest BCUT2D eigenvalue weighted by molar-refractivity contribution is 6.56. The van der Waals surface area contributed by atoms with Crippen LogP contribution in [0.25, 0.3) is 6.08 Å². The quantitative estimate of drug-likeness (QED) is 0.627. The van der Waals surface area contributed by atoms with E-state index in [1.807, 2.05) is 27.7 Å². The smallest absolute Gasteiger partial charge is 0.400 e. The SMILES string of the molecule is CC1(C)OB(C(=Cc2cc(Cl)c(Cl)c(Cl)c2)CO)OC1(C)C. The molecule has 0 aliphatic carbocycles. The predicted molar refractivity (Wildman–Crippen MR) is 92.6 cm³/mol. The fourth-order valence-corrected chi connectivity index (χ4v) is 2.67. The summed E-state index contributed by atoms with van der Waals surface area (Å²) in [5, 5.41) is 10.7. The Morgan fingerprint density at radius 3 is 1.95 bits per heavy atom. The summed E-state index contributed by atoms with van der Waals surface area (Å²) in [6.07, 6.45) is 1.75. The predicted octanol–water partition coefficient (Wildman–Crippen LogP) is 4.65. The maximum atomic E-state index is 9.66. The molecule has 120 valence electrons. The van der Waals surface area contributed by atoms with Crippen molar-refractivity contribution in [3.8, 4) is 0 Å². The second kappa shape index (κ2) is 6.35. The molecule has 1 N–H and O–H groups in total. The molecule has 0 atom stereocenters. The minimum atomic E-state index is -0.622. The summed E-state index contributed by atoms with van der Waals surface area (Å²) in [5.41, 5.74) is 0.369. The van der Waals surface area contributed by atoms with Crippen molar-refractivity contribution in [2.24, 2.45) is 0 Å². The molecule has 1 aromatic rings. The summed E-state index contributed by atoms with van der Waals surface area (Å²) in [6, 6.07) is 3.35. The van der Waals surface area contributed by atoms with Gasteiger partial charge >= 0.3 is 7.12 Å². The van der Waals surface area contributed by atoms with Gasteiger partial charge < -0.3 is 14.4 Å². The van der Waals surface area contributed by atoms with E-state index >= 15 is 0 Å². The van der Waals surface area contributed by atoms with E-state index < -0.39 is 18.3 Å². The van der Waals surface area contributed by atoms with Crippen LogP contribution >= 0.6 is 34.8 Å². The van der Waals surface area contributed by atoms with Gasteiger partial charge in [0.2, 0.25) is 0 Å². The van der Waals surface area contributed by atoms with Crippen LogP contribution in [-0.4, -0.2) is 30.0 Å². The van der Waals surface area contributed by atoms with Crippen LogP contribution in [0.1, 0.15) is 33.3 Å². The number of aliphatic hydroxyl groups is 1. The molecule has 1 aliphatic rings. The summed E-state index contributed by atoms with van der Waals surface area (Å²) in [5.74, 6) is 0. The van der Waals surface area contributed by atoms with Gasteiger partial charge in [-0.1, -0.05) is 40.9 Å². The Hall–Kier alpha value is -0.225. The molecule has 2 rings (SSSR count). The molecule has 1 heterocycles. The van der Waals surface area contributed by atoms with Gasteiger partial charge in [0.05, 0.1) is 32.9 Å². The summed E-state index contributed by atoms with van der Waals surface area (Å²) in [6.45, 7) is 7.63. The van der Waals surface area contributed by atoms with E-state index in [1.165, 1.54) is 0 Å². The Balaban J connectivity index is 2.34. The van der Waals surface area contributed by atoms with E-state index in [-0.39, 0.29) is 6.61 Å². The van der Waals surface area contributed by atoms with E-state index in [9.17, 15) is 5.11 Å². The fraction of sp³-hybridized carbons (Fsp3) is 0.467. The molecule has 0 unspecified atom stereocenters. The molecule has 0 bridgehead atoms. The lowest BCUT2D eigenvalue weighted by Gasteiger charge is -2.32. The number of aliphatic hydroxyl groups excluding tert-OH is 1. The Bertz CT molecular complexity index is 575. The van der Waals surface area contributed by atoms with Gasteiger partial charge in [0.1, 0.15) is 0 Å². The first kappa shape index (κ1) is 18.1. The lowest BCUT2D eigenvalue weighted by Crippen LogP contribution is -2.41. The van der Waals surface area contributed by atoms with Gasteiger partial charge in [-0.2, -0.15) is 0 Å². The Kier molecular flexibility index (Phi) is 5.23. The van der Waals surface area contributed by atoms with Gasteiger partial charge in [-0.25, -0.2) is 0 Å². The van der Waals surface area contributed by atoms with E-state index in [0.717, 1.165) is 5.56 Å². The van der Waals surface area contributed by atoms with Crippen molar-refractivity contribution < 1.29 is 14.4 Å². The van der Waals surface area contributed by atoms with Crippen molar-refractivity contribution in [1.29, 1.82) is 0 Å². The number of halogens is 3. The van der Waals surface area contributed by atoms with Crippen LogP contribution in [-0.2, 0) is 9.31 Å². The summed E-state index contributed by atoms with van der Waals surface area (Å²) in [7, 11) is -0.622. The molecule has 22 heavy (non-hydrogen) atoms. The zero-order chi connectivity index (χ0) is 16.7. The summed E-state index contributed by atoms with van der Waals surface area (Å²) in [4.78, 5) is 0. The van der Waals surface area contributed by atoms with Crippen LogP contribution in [0.3, 0.4) is 0 Å². The third-order valence-corrected chi connectivity index (χ3v) is 5.29. The second-order valence-electron chi connectivity index (χ2n) is 6.26. The lowest BCUT2D eigenvalue weighted by atomic mass is 9.77. The van der Waals surface area contributed by atoms with Crippen molar-refractivity contribution in [2.75, 3.05) is 6.61 Å². The van der Waals surface area contributed by atoms with E-state index in [4.69, 9.17) is 44.1 Å². The van der Waals surface area contributed by atoms with Gasteiger partial charge in [0, 0.05) is 0 Å². The summed E-state index contributed by atoms with van der Waals surface area (Å²) < 4.78 is 11.9. The molecule has 0 radical (unpaired) electrons. The van der Waals surface area contributed by atoms with Crippen molar-refractivity contribution >= 4 is 48.0 Å². The Morgan fingerprint density at radius 2 is 1.55 bits per heavy atom. The van der Waals surface area contributed by atoms with Crippen LogP contribution in [0.4, 0.5) is 0 Å². The van der Waals surface area contributed by atoms with E-state index in [0.29, 0.717) is 20.5 Å². The highest BCUT2D eigenvalue weighted by Gasteiger charge is 2.52. The van der Waals surface area contributed by atoms with Gasteiger partial charge in [0.15, 0.2) is 0 Å². The first-order valence-corrected chi connectivity index (χ1v) is 8.02. The normalized spacial score (nSPS) is 20.5. The standard InChI is InChI=1S/C15H18BCl3O3/c1-14(2)15(3,4)22-16(21-14)10(8-20)5-9-6-11(17)13(19)12(18)7-9/h5-7,20H,8H2,1-4H3. The fourth-order valence-electron chi connectivity index (χ4n) is 2.06. The molecular formula is C15H18BCl3O3. The molecular weight excluding hydrogens is 345 g/mol. The van der Waals surface area contributed by atoms with Crippen LogP contribution in [0, 0.1) is 0 Å². The van der Waals surface area contributed by atoms with Gasteiger partial charge in [-0.3, -0.25) is 0 Å². The van der Waals surface area contributed by atoms with E-state index in [2.05, 4.69) is 0 Å². The molecule has 1 saturated heterocycles. The minimum Gasteiger partial charge on any atom is -0.400 e. The van der Waals surface area contributed by atoms with Gasteiger partial charge in [-0.15, -0.1) is 0 Å². The topological polar surface area (TPSA) is 38.7 Å². The first-order chi connectivity index (χ1) is 10.1. The lowest BCUT2D eigenvalue weighted by molar-refractivity contribution is 0.00578. The highest BCUT2D eigenvalue weighted by atomic mass is 35.5. The highest BCUT2D eigenvalue weighted by Crippen LogP contribution is 2.39. The van der Waals surface area contributed by atoms with E-state index in [1.54, 1.807) is 18.2 Å². The minimum absolute atomic E-state index is 0.200. The third-order valence-electron chi connectivity index (χ3n) is 4.10. The molecule has 0 amide bonds. The zero-order valence-electron chi connectivity index (χ0n) is 12.9. The molecule has 1 aromatic carbocycles. The van der Waals surface area contributed by atoms with Crippen LogP contribution in [0.5, 0.6) is 0 Å².